The Bertz CT molecular complexity index is 419. The summed E-state index contributed by atoms with van der Waals surface area (Å²) in [5, 5.41) is 0. The molecular weight excluding hydrogens is 289 g/mol. The Morgan fingerprint density at radius 2 is 2.12 bits per heavy atom. The summed E-state index contributed by atoms with van der Waals surface area (Å²) in [6.45, 7) is 1.46. The van der Waals surface area contributed by atoms with Crippen molar-refractivity contribution in [2.75, 3.05) is 19.7 Å². The van der Waals surface area contributed by atoms with Crippen LogP contribution in [0, 0.1) is 5.82 Å². The van der Waals surface area contributed by atoms with E-state index in [0.29, 0.717) is 0 Å². The summed E-state index contributed by atoms with van der Waals surface area (Å²) >= 11 is 3.23. The highest BCUT2D eigenvalue weighted by Gasteiger charge is 2.18. The number of hydrogen-bond donors (Lipinski definition) is 0. The normalized spacial score (nSPS) is 15.1. The topological polar surface area (TPSA) is 29.5 Å². The monoisotopic (exact) mass is 301 g/mol. The van der Waals surface area contributed by atoms with Crippen LogP contribution in [0.15, 0.2) is 22.7 Å². The molecule has 17 heavy (non-hydrogen) atoms. The molecule has 3 nitrogen and oxygen atoms in total. The average molecular weight is 302 g/mol. The molecule has 0 spiro atoms. The predicted octanol–water partition coefficient (Wildman–Crippen LogP) is 2.59. The molecule has 2 rings (SSSR count). The van der Waals surface area contributed by atoms with Crippen LogP contribution in [0.25, 0.3) is 0 Å². The zero-order valence-corrected chi connectivity index (χ0v) is 10.9. The molecule has 0 saturated carbocycles. The molecule has 1 aliphatic rings. The van der Waals surface area contributed by atoms with Gasteiger partial charge < -0.3 is 9.64 Å². The van der Waals surface area contributed by atoms with E-state index in [4.69, 9.17) is 4.74 Å². The van der Waals surface area contributed by atoms with Crippen molar-refractivity contribution in [3.63, 3.8) is 0 Å². The van der Waals surface area contributed by atoms with Crippen LogP contribution < -0.4 is 4.74 Å². The van der Waals surface area contributed by atoms with Crippen LogP contribution in [0.4, 0.5) is 4.39 Å². The number of halogens is 2. The zero-order valence-electron chi connectivity index (χ0n) is 9.29. The van der Waals surface area contributed by atoms with Gasteiger partial charge in [-0.15, -0.1) is 0 Å². The lowest BCUT2D eigenvalue weighted by atomic mass is 10.3. The number of benzene rings is 1. The van der Waals surface area contributed by atoms with Crippen molar-refractivity contribution in [3.05, 3.63) is 28.5 Å². The Labute approximate surface area is 108 Å². The highest BCUT2D eigenvalue weighted by molar-refractivity contribution is 9.10. The van der Waals surface area contributed by atoms with Gasteiger partial charge in [0.05, 0.1) is 0 Å². The minimum Gasteiger partial charge on any atom is -0.481 e. The Morgan fingerprint density at radius 3 is 2.82 bits per heavy atom. The van der Waals surface area contributed by atoms with Crippen molar-refractivity contribution in [2.24, 2.45) is 0 Å². The molecule has 1 heterocycles. The van der Waals surface area contributed by atoms with Gasteiger partial charge >= 0.3 is 0 Å². The zero-order chi connectivity index (χ0) is 12.3. The van der Waals surface area contributed by atoms with Gasteiger partial charge in [-0.25, -0.2) is 4.39 Å². The molecule has 1 amide bonds. The van der Waals surface area contributed by atoms with E-state index in [1.54, 1.807) is 11.0 Å². The van der Waals surface area contributed by atoms with Crippen LogP contribution in [0.1, 0.15) is 12.8 Å². The van der Waals surface area contributed by atoms with Crippen LogP contribution in [0.2, 0.25) is 0 Å². The first kappa shape index (κ1) is 12.4. The number of carbonyl (C=O) groups is 1. The van der Waals surface area contributed by atoms with Gasteiger partial charge in [0.25, 0.3) is 5.91 Å². The summed E-state index contributed by atoms with van der Waals surface area (Å²) in [5.74, 6) is -0.434. The number of nitrogens with zero attached hydrogens (tertiary/aromatic N) is 1. The molecule has 0 unspecified atom stereocenters. The molecule has 1 aromatic rings. The summed E-state index contributed by atoms with van der Waals surface area (Å²) in [6, 6.07) is 4.41. The lowest BCUT2D eigenvalue weighted by molar-refractivity contribution is -0.132. The number of ether oxygens (including phenoxy) is 1. The SMILES string of the molecule is O=C(COc1cc(Br)ccc1F)N1CCCC1. The maximum absolute atomic E-state index is 13.3. The molecule has 0 aliphatic carbocycles. The summed E-state index contributed by atoms with van der Waals surface area (Å²) < 4.78 is 19.2. The fourth-order valence-corrected chi connectivity index (χ4v) is 2.13. The number of likely N-dealkylation sites (tertiary alicyclic amines) is 1. The molecule has 0 N–H and O–H groups in total. The molecule has 1 saturated heterocycles. The summed E-state index contributed by atoms with van der Waals surface area (Å²) in [7, 11) is 0. The van der Waals surface area contributed by atoms with E-state index in [0.717, 1.165) is 30.4 Å². The van der Waals surface area contributed by atoms with E-state index in [9.17, 15) is 9.18 Å². The second kappa shape index (κ2) is 5.49. The molecule has 0 bridgehead atoms. The molecule has 0 atom stereocenters. The van der Waals surface area contributed by atoms with Crippen LogP contribution in [0.3, 0.4) is 0 Å². The molecule has 1 aliphatic heterocycles. The number of carbonyl (C=O) groups excluding carboxylic acids is 1. The molecule has 0 aromatic heterocycles. The Balaban J connectivity index is 1.92. The van der Waals surface area contributed by atoms with E-state index < -0.39 is 5.82 Å². The number of rotatable bonds is 3. The first-order chi connectivity index (χ1) is 8.16. The minimum absolute atomic E-state index is 0.0816. The van der Waals surface area contributed by atoms with Crippen molar-refractivity contribution in [3.8, 4) is 5.75 Å². The fourth-order valence-electron chi connectivity index (χ4n) is 1.79. The van der Waals surface area contributed by atoms with E-state index in [1.807, 2.05) is 0 Å². The maximum Gasteiger partial charge on any atom is 0.260 e. The Hall–Kier alpha value is -1.10. The molecule has 1 fully saturated rings. The van der Waals surface area contributed by atoms with E-state index in [1.165, 1.54) is 12.1 Å². The van der Waals surface area contributed by atoms with Crippen molar-refractivity contribution in [2.45, 2.75) is 12.8 Å². The molecule has 92 valence electrons. The third-order valence-corrected chi connectivity index (χ3v) is 3.20. The Morgan fingerprint density at radius 1 is 1.41 bits per heavy atom. The van der Waals surface area contributed by atoms with Gasteiger partial charge in [0.2, 0.25) is 0 Å². The summed E-state index contributed by atoms with van der Waals surface area (Å²) in [6.07, 6.45) is 2.08. The van der Waals surface area contributed by atoms with Crippen LogP contribution >= 0.6 is 15.9 Å². The second-order valence-electron chi connectivity index (χ2n) is 3.95. The molecule has 0 radical (unpaired) electrons. The third kappa shape index (κ3) is 3.19. The summed E-state index contributed by atoms with van der Waals surface area (Å²) in [5.41, 5.74) is 0. The van der Waals surface area contributed by atoms with Gasteiger partial charge in [0.15, 0.2) is 18.2 Å². The lowest BCUT2D eigenvalue weighted by Gasteiger charge is -2.15. The van der Waals surface area contributed by atoms with Crippen molar-refractivity contribution in [1.82, 2.24) is 4.90 Å². The smallest absolute Gasteiger partial charge is 0.260 e. The maximum atomic E-state index is 13.3. The average Bonchev–Trinajstić information content (AvgIpc) is 2.83. The highest BCUT2D eigenvalue weighted by atomic mass is 79.9. The molecule has 5 heteroatoms. The first-order valence-corrected chi connectivity index (χ1v) is 6.32. The van der Waals surface area contributed by atoms with Crippen molar-refractivity contribution < 1.29 is 13.9 Å². The quantitative estimate of drug-likeness (QED) is 0.859. The van der Waals surface area contributed by atoms with Crippen molar-refractivity contribution >= 4 is 21.8 Å². The predicted molar refractivity (Wildman–Crippen MR) is 65.4 cm³/mol. The van der Waals surface area contributed by atoms with E-state index in [2.05, 4.69) is 15.9 Å². The van der Waals surface area contributed by atoms with Gasteiger partial charge in [-0.3, -0.25) is 4.79 Å². The van der Waals surface area contributed by atoms with Crippen molar-refractivity contribution in [1.29, 1.82) is 0 Å². The lowest BCUT2D eigenvalue weighted by Crippen LogP contribution is -2.32. The highest BCUT2D eigenvalue weighted by Crippen LogP contribution is 2.22. The van der Waals surface area contributed by atoms with Crippen LogP contribution in [-0.4, -0.2) is 30.5 Å². The largest absolute Gasteiger partial charge is 0.481 e. The van der Waals surface area contributed by atoms with E-state index in [-0.39, 0.29) is 18.3 Å². The number of hydrogen-bond acceptors (Lipinski definition) is 2. The first-order valence-electron chi connectivity index (χ1n) is 5.52. The van der Waals surface area contributed by atoms with Gasteiger partial charge in [0, 0.05) is 17.6 Å². The molecule has 1 aromatic carbocycles. The van der Waals surface area contributed by atoms with Gasteiger partial charge in [-0.1, -0.05) is 15.9 Å². The molecular formula is C12H13BrFNO2. The fraction of sp³-hybridized carbons (Fsp3) is 0.417. The third-order valence-electron chi connectivity index (χ3n) is 2.70. The van der Waals surface area contributed by atoms with Crippen LogP contribution in [0.5, 0.6) is 5.75 Å². The van der Waals surface area contributed by atoms with Gasteiger partial charge in [0.1, 0.15) is 0 Å². The summed E-state index contributed by atoms with van der Waals surface area (Å²) in [4.78, 5) is 13.4. The standard InChI is InChI=1S/C12H13BrFNO2/c13-9-3-4-10(14)11(7-9)17-8-12(16)15-5-1-2-6-15/h3-4,7H,1-2,5-6,8H2. The van der Waals surface area contributed by atoms with Gasteiger partial charge in [-0.05, 0) is 31.0 Å². The second-order valence-corrected chi connectivity index (χ2v) is 4.87. The minimum atomic E-state index is -0.456. The van der Waals surface area contributed by atoms with Crippen LogP contribution in [-0.2, 0) is 4.79 Å². The van der Waals surface area contributed by atoms with E-state index >= 15 is 0 Å². The Kier molecular flexibility index (Phi) is 3.99. The van der Waals surface area contributed by atoms with Gasteiger partial charge in [-0.2, -0.15) is 0 Å². The number of amides is 1.